The lowest BCUT2D eigenvalue weighted by Crippen LogP contribution is -2.30. The van der Waals surface area contributed by atoms with E-state index in [-0.39, 0.29) is 0 Å². The van der Waals surface area contributed by atoms with Gasteiger partial charge in [0.1, 0.15) is 0 Å². The Bertz CT molecular complexity index is 310. The van der Waals surface area contributed by atoms with E-state index >= 15 is 0 Å². The first-order valence-electron chi connectivity index (χ1n) is 5.08. The summed E-state index contributed by atoms with van der Waals surface area (Å²) in [6, 6.07) is 1.84. The first kappa shape index (κ1) is 11.8. The van der Waals surface area contributed by atoms with Crippen molar-refractivity contribution in [1.82, 2.24) is 15.1 Å². The van der Waals surface area contributed by atoms with Crippen LogP contribution in [-0.2, 0) is 6.54 Å². The lowest BCUT2D eigenvalue weighted by molar-refractivity contribution is 0.147. The van der Waals surface area contributed by atoms with Gasteiger partial charge in [0.25, 0.3) is 0 Å². The van der Waals surface area contributed by atoms with Crippen LogP contribution < -0.4 is 5.32 Å². The highest BCUT2D eigenvalue weighted by Gasteiger charge is 2.03. The number of hydrogen-bond acceptors (Lipinski definition) is 3. The van der Waals surface area contributed by atoms with Crippen LogP contribution in [0.2, 0.25) is 0 Å². The number of nitrogens with zero attached hydrogens (tertiary/aromatic N) is 2. The van der Waals surface area contributed by atoms with Crippen molar-refractivity contribution in [2.24, 2.45) is 0 Å². The summed E-state index contributed by atoms with van der Waals surface area (Å²) in [4.78, 5) is 0. The van der Waals surface area contributed by atoms with E-state index < -0.39 is 6.10 Å². The molecule has 0 radical (unpaired) electrons. The maximum Gasteiger partial charge on any atom is 0.0860 e. The molecular formula is C11H17N3O. The second kappa shape index (κ2) is 7.04. The van der Waals surface area contributed by atoms with Crippen LogP contribution in [0.3, 0.4) is 0 Å². The molecule has 1 rings (SSSR count). The van der Waals surface area contributed by atoms with Gasteiger partial charge in [0.2, 0.25) is 0 Å². The molecule has 1 unspecified atom stereocenters. The van der Waals surface area contributed by atoms with Crippen molar-refractivity contribution in [3.63, 3.8) is 0 Å². The quantitative estimate of drug-likeness (QED) is 0.519. The Kier molecular flexibility index (Phi) is 5.52. The van der Waals surface area contributed by atoms with Crippen molar-refractivity contribution in [3.8, 4) is 11.8 Å². The Morgan fingerprint density at radius 3 is 3.13 bits per heavy atom. The highest BCUT2D eigenvalue weighted by Crippen LogP contribution is 1.89. The highest BCUT2D eigenvalue weighted by molar-refractivity contribution is 4.95. The predicted molar refractivity (Wildman–Crippen MR) is 59.2 cm³/mol. The number of aliphatic hydroxyl groups excluding tert-OH is 1. The number of nitrogens with one attached hydrogen (secondary N) is 1. The SMILES string of the molecule is CC#CCCNCC(O)Cn1cccn1. The Hall–Kier alpha value is -1.31. The largest absolute Gasteiger partial charge is 0.390 e. The predicted octanol–water partition coefficient (Wildman–Crippen LogP) is 0.247. The Labute approximate surface area is 90.3 Å². The maximum absolute atomic E-state index is 9.62. The van der Waals surface area contributed by atoms with E-state index in [0.29, 0.717) is 13.1 Å². The van der Waals surface area contributed by atoms with Crippen LogP contribution in [-0.4, -0.2) is 34.1 Å². The summed E-state index contributed by atoms with van der Waals surface area (Å²) in [5.74, 6) is 5.78. The van der Waals surface area contributed by atoms with Gasteiger partial charge < -0.3 is 10.4 Å². The van der Waals surface area contributed by atoms with Gasteiger partial charge in [-0.1, -0.05) is 0 Å². The molecule has 1 heterocycles. The molecule has 0 amide bonds. The molecule has 15 heavy (non-hydrogen) atoms. The third kappa shape index (κ3) is 5.21. The van der Waals surface area contributed by atoms with Gasteiger partial charge in [-0.3, -0.25) is 4.68 Å². The topological polar surface area (TPSA) is 50.1 Å². The smallest absolute Gasteiger partial charge is 0.0860 e. The van der Waals surface area contributed by atoms with Gasteiger partial charge >= 0.3 is 0 Å². The zero-order valence-electron chi connectivity index (χ0n) is 8.98. The van der Waals surface area contributed by atoms with E-state index in [1.807, 2.05) is 19.2 Å². The molecule has 1 aromatic heterocycles. The van der Waals surface area contributed by atoms with E-state index in [1.165, 1.54) is 0 Å². The molecule has 0 bridgehead atoms. The Morgan fingerprint density at radius 1 is 1.60 bits per heavy atom. The van der Waals surface area contributed by atoms with Crippen LogP contribution in [0.1, 0.15) is 13.3 Å². The Morgan fingerprint density at radius 2 is 2.47 bits per heavy atom. The van der Waals surface area contributed by atoms with Crippen LogP contribution >= 0.6 is 0 Å². The van der Waals surface area contributed by atoms with Gasteiger partial charge in [-0.2, -0.15) is 5.10 Å². The third-order valence-electron chi connectivity index (χ3n) is 1.94. The molecule has 4 heteroatoms. The van der Waals surface area contributed by atoms with Crippen LogP contribution in [0.15, 0.2) is 18.5 Å². The maximum atomic E-state index is 9.62. The van der Waals surface area contributed by atoms with Gasteiger partial charge in [-0.05, 0) is 13.0 Å². The normalized spacial score (nSPS) is 11.9. The summed E-state index contributed by atoms with van der Waals surface area (Å²) >= 11 is 0. The minimum Gasteiger partial charge on any atom is -0.390 e. The Balaban J connectivity index is 2.08. The zero-order chi connectivity index (χ0) is 10.9. The van der Waals surface area contributed by atoms with Gasteiger partial charge in [0.15, 0.2) is 0 Å². The van der Waals surface area contributed by atoms with Gasteiger partial charge in [-0.15, -0.1) is 11.8 Å². The second-order valence-electron chi connectivity index (χ2n) is 3.26. The summed E-state index contributed by atoms with van der Waals surface area (Å²) in [5, 5.41) is 16.8. The summed E-state index contributed by atoms with van der Waals surface area (Å²) in [6.45, 7) is 3.74. The van der Waals surface area contributed by atoms with Crippen LogP contribution in [0.4, 0.5) is 0 Å². The van der Waals surface area contributed by atoms with E-state index in [1.54, 1.807) is 10.9 Å². The second-order valence-corrected chi connectivity index (χ2v) is 3.26. The molecule has 4 nitrogen and oxygen atoms in total. The number of hydrogen-bond donors (Lipinski definition) is 2. The van der Waals surface area contributed by atoms with Crippen molar-refractivity contribution < 1.29 is 5.11 Å². The fourth-order valence-corrected chi connectivity index (χ4v) is 1.23. The lowest BCUT2D eigenvalue weighted by Gasteiger charge is -2.10. The minimum atomic E-state index is -0.403. The lowest BCUT2D eigenvalue weighted by atomic mass is 10.3. The van der Waals surface area contributed by atoms with Crippen LogP contribution in [0.25, 0.3) is 0 Å². The minimum absolute atomic E-state index is 0.403. The van der Waals surface area contributed by atoms with Gasteiger partial charge in [0, 0.05) is 31.9 Å². The summed E-state index contributed by atoms with van der Waals surface area (Å²) in [7, 11) is 0. The van der Waals surface area contributed by atoms with Crippen molar-refractivity contribution in [2.75, 3.05) is 13.1 Å². The first-order chi connectivity index (χ1) is 7.33. The van der Waals surface area contributed by atoms with Crippen molar-refractivity contribution in [3.05, 3.63) is 18.5 Å². The average molecular weight is 207 g/mol. The fourth-order valence-electron chi connectivity index (χ4n) is 1.23. The molecule has 0 aromatic carbocycles. The molecule has 2 N–H and O–H groups in total. The van der Waals surface area contributed by atoms with E-state index in [0.717, 1.165) is 13.0 Å². The van der Waals surface area contributed by atoms with E-state index in [4.69, 9.17) is 0 Å². The molecule has 0 saturated heterocycles. The van der Waals surface area contributed by atoms with Crippen LogP contribution in [0, 0.1) is 11.8 Å². The van der Waals surface area contributed by atoms with Crippen molar-refractivity contribution in [1.29, 1.82) is 0 Å². The molecule has 1 aromatic rings. The van der Waals surface area contributed by atoms with Gasteiger partial charge in [0.05, 0.1) is 12.6 Å². The van der Waals surface area contributed by atoms with Gasteiger partial charge in [-0.25, -0.2) is 0 Å². The van der Waals surface area contributed by atoms with E-state index in [9.17, 15) is 5.11 Å². The van der Waals surface area contributed by atoms with Crippen molar-refractivity contribution in [2.45, 2.75) is 26.0 Å². The highest BCUT2D eigenvalue weighted by atomic mass is 16.3. The van der Waals surface area contributed by atoms with Crippen LogP contribution in [0.5, 0.6) is 0 Å². The van der Waals surface area contributed by atoms with Crippen molar-refractivity contribution >= 4 is 0 Å². The van der Waals surface area contributed by atoms with E-state index in [2.05, 4.69) is 22.3 Å². The monoisotopic (exact) mass is 207 g/mol. The average Bonchev–Trinajstić information content (AvgIpc) is 2.70. The fraction of sp³-hybridized carbons (Fsp3) is 0.545. The summed E-state index contributed by atoms with van der Waals surface area (Å²) in [6.07, 6.45) is 3.97. The zero-order valence-corrected chi connectivity index (χ0v) is 8.98. The molecule has 82 valence electrons. The molecule has 0 aliphatic heterocycles. The number of rotatable bonds is 6. The molecular weight excluding hydrogens is 190 g/mol. The molecule has 0 fully saturated rings. The molecule has 0 spiro atoms. The molecule has 0 aliphatic carbocycles. The number of aromatic nitrogens is 2. The summed E-state index contributed by atoms with van der Waals surface area (Å²) in [5.41, 5.74) is 0. The summed E-state index contributed by atoms with van der Waals surface area (Å²) < 4.78 is 1.72. The molecule has 0 saturated carbocycles. The third-order valence-corrected chi connectivity index (χ3v) is 1.94. The molecule has 0 aliphatic rings. The molecule has 1 atom stereocenters. The standard InChI is InChI=1S/C11H17N3O/c1-2-3-4-6-12-9-11(15)10-14-8-5-7-13-14/h5,7-8,11-12,15H,4,6,9-10H2,1H3. The first-order valence-corrected chi connectivity index (χ1v) is 5.08. The number of aliphatic hydroxyl groups is 1.